The van der Waals surface area contributed by atoms with Crippen LogP contribution in [0.4, 0.5) is 11.5 Å². The summed E-state index contributed by atoms with van der Waals surface area (Å²) >= 11 is 0. The summed E-state index contributed by atoms with van der Waals surface area (Å²) in [4.78, 5) is 24.8. The maximum atomic E-state index is 11.8. The maximum absolute atomic E-state index is 11.8. The van der Waals surface area contributed by atoms with E-state index in [1.165, 1.54) is 7.11 Å². The van der Waals surface area contributed by atoms with Crippen LogP contribution in [0.5, 0.6) is 0 Å². The van der Waals surface area contributed by atoms with Gasteiger partial charge in [-0.25, -0.2) is 9.78 Å². The molecule has 1 N–H and O–H groups in total. The van der Waals surface area contributed by atoms with Crippen molar-refractivity contribution in [3.63, 3.8) is 0 Å². The van der Waals surface area contributed by atoms with Gasteiger partial charge >= 0.3 is 5.97 Å². The molecule has 4 aromatic rings. The second-order valence-corrected chi connectivity index (χ2v) is 5.47. The molecular formula is C19H14N4O2. The van der Waals surface area contributed by atoms with Crippen molar-refractivity contribution in [1.82, 2.24) is 15.0 Å². The topological polar surface area (TPSA) is 77.0 Å². The highest BCUT2D eigenvalue weighted by molar-refractivity contribution is 6.11. The summed E-state index contributed by atoms with van der Waals surface area (Å²) in [6.07, 6.45) is 6.96. The molecule has 0 spiro atoms. The molecule has 0 unspecified atom stereocenters. The number of ether oxygens (including phenoxy) is 1. The van der Waals surface area contributed by atoms with E-state index < -0.39 is 5.97 Å². The van der Waals surface area contributed by atoms with Crippen molar-refractivity contribution < 1.29 is 9.53 Å². The smallest absolute Gasteiger partial charge is 0.337 e. The van der Waals surface area contributed by atoms with Gasteiger partial charge in [0.2, 0.25) is 0 Å². The third-order valence-corrected chi connectivity index (χ3v) is 3.94. The summed E-state index contributed by atoms with van der Waals surface area (Å²) < 4.78 is 4.80. The number of esters is 1. The Kier molecular flexibility index (Phi) is 3.70. The Morgan fingerprint density at radius 3 is 2.68 bits per heavy atom. The van der Waals surface area contributed by atoms with Gasteiger partial charge in [0.05, 0.1) is 30.1 Å². The Morgan fingerprint density at radius 2 is 1.88 bits per heavy atom. The van der Waals surface area contributed by atoms with Crippen LogP contribution in [0.1, 0.15) is 10.4 Å². The van der Waals surface area contributed by atoms with Gasteiger partial charge in [-0.05, 0) is 30.3 Å². The molecule has 0 saturated heterocycles. The number of benzene rings is 1. The summed E-state index contributed by atoms with van der Waals surface area (Å²) in [6.45, 7) is 0. The number of carbonyl (C=O) groups is 1. The highest BCUT2D eigenvalue weighted by Crippen LogP contribution is 2.30. The molecule has 0 radical (unpaired) electrons. The van der Waals surface area contributed by atoms with Gasteiger partial charge in [-0.1, -0.05) is 6.07 Å². The van der Waals surface area contributed by atoms with Crippen molar-refractivity contribution in [3.8, 4) is 0 Å². The van der Waals surface area contributed by atoms with Gasteiger partial charge in [0.15, 0.2) is 0 Å². The second-order valence-electron chi connectivity index (χ2n) is 5.47. The van der Waals surface area contributed by atoms with Crippen LogP contribution >= 0.6 is 0 Å². The molecule has 0 bridgehead atoms. The lowest BCUT2D eigenvalue weighted by molar-refractivity contribution is 0.0601. The first-order valence-corrected chi connectivity index (χ1v) is 7.69. The molecule has 4 rings (SSSR count). The monoisotopic (exact) mass is 330 g/mol. The highest BCUT2D eigenvalue weighted by atomic mass is 16.5. The molecule has 0 aliphatic carbocycles. The van der Waals surface area contributed by atoms with Crippen LogP contribution in [-0.2, 0) is 4.74 Å². The minimum atomic E-state index is -0.392. The molecule has 0 amide bonds. The maximum Gasteiger partial charge on any atom is 0.337 e. The number of nitrogens with zero attached hydrogens (tertiary/aromatic N) is 3. The molecule has 3 heterocycles. The van der Waals surface area contributed by atoms with E-state index in [0.29, 0.717) is 16.9 Å². The fraction of sp³-hybridized carbons (Fsp3) is 0.0526. The minimum absolute atomic E-state index is 0.392. The zero-order valence-electron chi connectivity index (χ0n) is 13.4. The normalized spacial score (nSPS) is 10.8. The van der Waals surface area contributed by atoms with Gasteiger partial charge in [-0.3, -0.25) is 9.97 Å². The lowest BCUT2D eigenvalue weighted by atomic mass is 10.1. The molecule has 0 fully saturated rings. The van der Waals surface area contributed by atoms with Crippen LogP contribution in [-0.4, -0.2) is 28.0 Å². The van der Waals surface area contributed by atoms with Gasteiger partial charge < -0.3 is 10.1 Å². The molecule has 0 atom stereocenters. The summed E-state index contributed by atoms with van der Waals surface area (Å²) in [5.41, 5.74) is 1.98. The van der Waals surface area contributed by atoms with Gasteiger partial charge in [0.25, 0.3) is 0 Å². The fourth-order valence-electron chi connectivity index (χ4n) is 2.76. The molecule has 0 aliphatic rings. The van der Waals surface area contributed by atoms with E-state index in [-0.39, 0.29) is 0 Å². The Hall–Kier alpha value is -3.54. The number of pyridine rings is 3. The first kappa shape index (κ1) is 15.0. The van der Waals surface area contributed by atoms with Crippen molar-refractivity contribution in [3.05, 3.63) is 66.7 Å². The van der Waals surface area contributed by atoms with Gasteiger partial charge in [-0.2, -0.15) is 0 Å². The lowest BCUT2D eigenvalue weighted by Gasteiger charge is -2.11. The van der Waals surface area contributed by atoms with E-state index in [0.717, 1.165) is 21.8 Å². The molecule has 0 saturated carbocycles. The number of methoxy groups -OCH3 is 1. The number of fused-ring (bicyclic) bond motifs is 3. The Balaban J connectivity index is 1.94. The largest absolute Gasteiger partial charge is 0.465 e. The number of anilines is 2. The summed E-state index contributed by atoms with van der Waals surface area (Å²) in [6, 6.07) is 11.0. The van der Waals surface area contributed by atoms with Crippen molar-refractivity contribution in [1.29, 1.82) is 0 Å². The molecule has 25 heavy (non-hydrogen) atoms. The number of hydrogen-bond donors (Lipinski definition) is 1. The van der Waals surface area contributed by atoms with Crippen molar-refractivity contribution in [2.45, 2.75) is 0 Å². The van der Waals surface area contributed by atoms with E-state index in [1.54, 1.807) is 36.9 Å². The quantitative estimate of drug-likeness (QED) is 0.456. The van der Waals surface area contributed by atoms with Crippen LogP contribution in [0, 0.1) is 0 Å². The van der Waals surface area contributed by atoms with Gasteiger partial charge in [0.1, 0.15) is 5.82 Å². The SMILES string of the molecule is COC(=O)c1ccc2c(c1)nc(Nc1cccnc1)c1ccncc12. The van der Waals surface area contributed by atoms with Crippen molar-refractivity contribution in [2.24, 2.45) is 0 Å². The highest BCUT2D eigenvalue weighted by Gasteiger charge is 2.12. The summed E-state index contributed by atoms with van der Waals surface area (Å²) in [5, 5.41) is 6.10. The lowest BCUT2D eigenvalue weighted by Crippen LogP contribution is -2.02. The average molecular weight is 330 g/mol. The standard InChI is InChI=1S/C19H14N4O2/c1-25-19(24)12-4-5-14-16-11-21-8-6-15(16)18(23-17(14)9-12)22-13-3-2-7-20-10-13/h2-11H,1H3,(H,22,23). The average Bonchev–Trinajstić information content (AvgIpc) is 2.68. The van der Waals surface area contributed by atoms with Crippen LogP contribution < -0.4 is 5.32 Å². The summed E-state index contributed by atoms with van der Waals surface area (Å²) in [7, 11) is 1.36. The van der Waals surface area contributed by atoms with Gasteiger partial charge in [0, 0.05) is 34.7 Å². The zero-order chi connectivity index (χ0) is 17.2. The second kappa shape index (κ2) is 6.16. The van der Waals surface area contributed by atoms with Crippen LogP contribution in [0.2, 0.25) is 0 Å². The van der Waals surface area contributed by atoms with Crippen molar-refractivity contribution >= 4 is 39.1 Å². The van der Waals surface area contributed by atoms with Crippen LogP contribution in [0.3, 0.4) is 0 Å². The van der Waals surface area contributed by atoms with E-state index in [9.17, 15) is 4.79 Å². The number of carbonyl (C=O) groups excluding carboxylic acids is 1. The third kappa shape index (κ3) is 2.74. The number of hydrogen-bond acceptors (Lipinski definition) is 6. The van der Waals surface area contributed by atoms with Gasteiger partial charge in [-0.15, -0.1) is 0 Å². The predicted molar refractivity (Wildman–Crippen MR) is 95.9 cm³/mol. The van der Waals surface area contributed by atoms with E-state index in [2.05, 4.69) is 15.3 Å². The fourth-order valence-corrected chi connectivity index (χ4v) is 2.76. The molecule has 3 aromatic heterocycles. The van der Waals surface area contributed by atoms with E-state index in [4.69, 9.17) is 9.72 Å². The third-order valence-electron chi connectivity index (χ3n) is 3.94. The molecule has 1 aromatic carbocycles. The number of nitrogens with one attached hydrogen (secondary N) is 1. The predicted octanol–water partition coefficient (Wildman–Crippen LogP) is 3.71. The molecule has 6 heteroatoms. The Labute approximate surface area is 143 Å². The van der Waals surface area contributed by atoms with Crippen LogP contribution in [0.25, 0.3) is 21.7 Å². The first-order chi connectivity index (χ1) is 12.3. The number of aromatic nitrogens is 3. The van der Waals surface area contributed by atoms with Crippen LogP contribution in [0.15, 0.2) is 61.2 Å². The minimum Gasteiger partial charge on any atom is -0.465 e. The molecule has 6 nitrogen and oxygen atoms in total. The zero-order valence-corrected chi connectivity index (χ0v) is 13.4. The first-order valence-electron chi connectivity index (χ1n) is 7.69. The molecule has 0 aliphatic heterocycles. The van der Waals surface area contributed by atoms with Crippen molar-refractivity contribution in [2.75, 3.05) is 12.4 Å². The Morgan fingerprint density at radius 1 is 1.00 bits per heavy atom. The molecular weight excluding hydrogens is 316 g/mol. The number of rotatable bonds is 3. The van der Waals surface area contributed by atoms with E-state index in [1.807, 2.05) is 24.3 Å². The molecule has 122 valence electrons. The summed E-state index contributed by atoms with van der Waals surface area (Å²) in [5.74, 6) is 0.289. The Bertz CT molecular complexity index is 1080. The van der Waals surface area contributed by atoms with E-state index >= 15 is 0 Å².